The third-order valence-corrected chi connectivity index (χ3v) is 9.03. The van der Waals surface area contributed by atoms with Gasteiger partial charge in [0.25, 0.3) is 0 Å². The molecule has 0 fully saturated rings. The lowest BCUT2D eigenvalue weighted by molar-refractivity contribution is 0.669. The van der Waals surface area contributed by atoms with Crippen molar-refractivity contribution in [2.24, 2.45) is 0 Å². The first-order valence-corrected chi connectivity index (χ1v) is 15.7. The largest absolute Gasteiger partial charge is 0.454 e. The molecule has 8 aromatic carbocycles. The monoisotopic (exact) mass is 587 g/mol. The molecule has 0 radical (unpaired) electrons. The van der Waals surface area contributed by atoms with E-state index in [1.165, 1.54) is 43.8 Å². The van der Waals surface area contributed by atoms with E-state index in [1.54, 1.807) is 0 Å². The van der Waals surface area contributed by atoms with Crippen molar-refractivity contribution in [3.63, 3.8) is 0 Å². The van der Waals surface area contributed by atoms with Gasteiger partial charge in [0.2, 0.25) is 0 Å². The van der Waals surface area contributed by atoms with Crippen molar-refractivity contribution in [2.75, 3.05) is 4.90 Å². The van der Waals surface area contributed by atoms with Gasteiger partial charge >= 0.3 is 0 Å². The number of rotatable bonds is 5. The molecule has 216 valence electrons. The van der Waals surface area contributed by atoms with Crippen LogP contribution in [0.1, 0.15) is 0 Å². The molecule has 0 aliphatic carbocycles. The average molecular weight is 588 g/mol. The summed E-state index contributed by atoms with van der Waals surface area (Å²) < 4.78 is 6.77. The molecule has 2 heteroatoms. The van der Waals surface area contributed by atoms with Crippen molar-refractivity contribution in [2.45, 2.75) is 0 Å². The van der Waals surface area contributed by atoms with E-state index in [1.807, 2.05) is 0 Å². The Morgan fingerprint density at radius 2 is 1.07 bits per heavy atom. The first-order chi connectivity index (χ1) is 22.8. The minimum Gasteiger partial charge on any atom is -0.454 e. The van der Waals surface area contributed by atoms with Gasteiger partial charge < -0.3 is 9.32 Å². The van der Waals surface area contributed by atoms with E-state index in [-0.39, 0.29) is 0 Å². The van der Waals surface area contributed by atoms with Crippen LogP contribution in [0.2, 0.25) is 0 Å². The van der Waals surface area contributed by atoms with E-state index in [0.29, 0.717) is 0 Å². The van der Waals surface area contributed by atoms with Crippen molar-refractivity contribution in [3.05, 3.63) is 176 Å². The fourth-order valence-electron chi connectivity index (χ4n) is 6.87. The Morgan fingerprint density at radius 1 is 0.391 bits per heavy atom. The summed E-state index contributed by atoms with van der Waals surface area (Å²) in [6.45, 7) is 0. The topological polar surface area (TPSA) is 16.4 Å². The van der Waals surface area contributed by atoms with Crippen LogP contribution in [0.3, 0.4) is 0 Å². The quantitative estimate of drug-likeness (QED) is 0.199. The van der Waals surface area contributed by atoms with Gasteiger partial charge in [0.1, 0.15) is 5.58 Å². The van der Waals surface area contributed by atoms with Crippen LogP contribution in [-0.4, -0.2) is 0 Å². The number of hydrogen-bond donors (Lipinski definition) is 0. The van der Waals surface area contributed by atoms with Crippen LogP contribution in [0, 0.1) is 0 Å². The number of nitrogens with zero attached hydrogens (tertiary/aromatic N) is 1. The lowest BCUT2D eigenvalue weighted by Gasteiger charge is -2.26. The molecule has 0 atom stereocenters. The highest BCUT2D eigenvalue weighted by Gasteiger charge is 2.21. The number of furan rings is 1. The summed E-state index contributed by atoms with van der Waals surface area (Å²) in [5, 5.41) is 7.07. The maximum Gasteiger partial charge on any atom is 0.159 e. The maximum atomic E-state index is 6.77. The SMILES string of the molecule is c1ccc(-c2ccc3cc(N(c4ccccc4)c4cccc5c4oc4ccc6c(-c7ccccc7)cccc6c45)ccc3c2)cc1. The Kier molecular flexibility index (Phi) is 6.17. The molecule has 9 aromatic rings. The van der Waals surface area contributed by atoms with E-state index >= 15 is 0 Å². The van der Waals surface area contributed by atoms with Crippen molar-refractivity contribution >= 4 is 60.5 Å². The Labute approximate surface area is 267 Å². The van der Waals surface area contributed by atoms with Gasteiger partial charge in [-0.3, -0.25) is 0 Å². The van der Waals surface area contributed by atoms with Gasteiger partial charge in [0.15, 0.2) is 5.58 Å². The first-order valence-electron chi connectivity index (χ1n) is 15.7. The maximum absolute atomic E-state index is 6.77. The molecular formula is C44H29NO. The van der Waals surface area contributed by atoms with Crippen LogP contribution in [-0.2, 0) is 0 Å². The normalized spacial score (nSPS) is 11.5. The van der Waals surface area contributed by atoms with Gasteiger partial charge in [0, 0.05) is 22.1 Å². The second kappa shape index (κ2) is 10.8. The molecule has 0 saturated carbocycles. The minimum absolute atomic E-state index is 0.874. The molecule has 1 heterocycles. The molecule has 46 heavy (non-hydrogen) atoms. The number of anilines is 3. The van der Waals surface area contributed by atoms with Gasteiger partial charge in [0.05, 0.1) is 5.69 Å². The summed E-state index contributed by atoms with van der Waals surface area (Å²) in [7, 11) is 0. The first kappa shape index (κ1) is 26.3. The Bertz CT molecular complexity index is 2510. The molecule has 0 amide bonds. The van der Waals surface area contributed by atoms with Crippen molar-refractivity contribution < 1.29 is 4.42 Å². The van der Waals surface area contributed by atoms with Crippen LogP contribution in [0.15, 0.2) is 180 Å². The van der Waals surface area contributed by atoms with Crippen LogP contribution in [0.25, 0.3) is 65.7 Å². The summed E-state index contributed by atoms with van der Waals surface area (Å²) in [5.41, 5.74) is 9.80. The summed E-state index contributed by atoms with van der Waals surface area (Å²) in [6, 6.07) is 62.5. The van der Waals surface area contributed by atoms with Crippen molar-refractivity contribution in [3.8, 4) is 22.3 Å². The predicted octanol–water partition coefficient (Wildman–Crippen LogP) is 12.7. The van der Waals surface area contributed by atoms with Crippen LogP contribution >= 0.6 is 0 Å². The molecule has 9 rings (SSSR count). The number of hydrogen-bond acceptors (Lipinski definition) is 2. The highest BCUT2D eigenvalue weighted by atomic mass is 16.3. The minimum atomic E-state index is 0.874. The Hall–Kier alpha value is -6.12. The predicted molar refractivity (Wildman–Crippen MR) is 194 cm³/mol. The zero-order chi connectivity index (χ0) is 30.5. The third kappa shape index (κ3) is 4.35. The van der Waals surface area contributed by atoms with Gasteiger partial charge in [-0.15, -0.1) is 0 Å². The molecule has 0 spiro atoms. The fourth-order valence-corrected chi connectivity index (χ4v) is 6.87. The van der Waals surface area contributed by atoms with Crippen molar-refractivity contribution in [1.29, 1.82) is 0 Å². The highest BCUT2D eigenvalue weighted by molar-refractivity contribution is 6.22. The summed E-state index contributed by atoms with van der Waals surface area (Å²) in [4.78, 5) is 2.31. The molecular weight excluding hydrogens is 558 g/mol. The van der Waals surface area contributed by atoms with E-state index in [2.05, 4.69) is 181 Å². The Balaban J connectivity index is 1.24. The van der Waals surface area contributed by atoms with E-state index in [4.69, 9.17) is 4.42 Å². The fraction of sp³-hybridized carbons (Fsp3) is 0. The van der Waals surface area contributed by atoms with Crippen LogP contribution < -0.4 is 4.90 Å². The average Bonchev–Trinajstić information content (AvgIpc) is 3.53. The smallest absolute Gasteiger partial charge is 0.159 e. The Morgan fingerprint density at radius 3 is 1.87 bits per heavy atom. The molecule has 0 unspecified atom stereocenters. The van der Waals surface area contributed by atoms with Gasteiger partial charge in [-0.25, -0.2) is 0 Å². The second-order valence-corrected chi connectivity index (χ2v) is 11.7. The standard InChI is InChI=1S/C44H29NO/c1-4-12-30(13-5-1)32-22-23-34-29-36(25-24-33(34)28-32)45(35-16-8-3-9-17-35)41-21-11-20-40-43-39-19-10-18-37(31-14-6-2-7-15-31)38(39)26-27-42(43)46-44(40)41/h1-29H. The zero-order valence-electron chi connectivity index (χ0n) is 25.1. The van der Waals surface area contributed by atoms with E-state index in [9.17, 15) is 0 Å². The van der Waals surface area contributed by atoms with Crippen LogP contribution in [0.5, 0.6) is 0 Å². The second-order valence-electron chi connectivity index (χ2n) is 11.7. The number of fused-ring (bicyclic) bond motifs is 6. The number of para-hydroxylation sites is 2. The highest BCUT2D eigenvalue weighted by Crippen LogP contribution is 2.45. The van der Waals surface area contributed by atoms with E-state index < -0.39 is 0 Å². The molecule has 1 aromatic heterocycles. The lowest BCUT2D eigenvalue weighted by atomic mass is 9.95. The molecule has 2 nitrogen and oxygen atoms in total. The summed E-state index contributed by atoms with van der Waals surface area (Å²) in [6.07, 6.45) is 0. The van der Waals surface area contributed by atoms with E-state index in [0.717, 1.165) is 39.0 Å². The molecule has 0 bridgehead atoms. The molecule has 0 saturated heterocycles. The lowest BCUT2D eigenvalue weighted by Crippen LogP contribution is -2.10. The molecule has 0 N–H and O–H groups in total. The molecule has 0 aliphatic rings. The van der Waals surface area contributed by atoms with Gasteiger partial charge in [-0.1, -0.05) is 133 Å². The van der Waals surface area contributed by atoms with Crippen LogP contribution in [0.4, 0.5) is 17.1 Å². The summed E-state index contributed by atoms with van der Waals surface area (Å²) >= 11 is 0. The van der Waals surface area contributed by atoms with Gasteiger partial charge in [-0.05, 0) is 86.3 Å². The van der Waals surface area contributed by atoms with Gasteiger partial charge in [-0.2, -0.15) is 0 Å². The van der Waals surface area contributed by atoms with Crippen molar-refractivity contribution in [1.82, 2.24) is 0 Å². The zero-order valence-corrected chi connectivity index (χ0v) is 25.1. The third-order valence-electron chi connectivity index (χ3n) is 9.03. The summed E-state index contributed by atoms with van der Waals surface area (Å²) in [5.74, 6) is 0. The number of benzene rings is 8. The molecule has 0 aliphatic heterocycles.